The first-order valence-corrected chi connectivity index (χ1v) is 11.8. The highest BCUT2D eigenvalue weighted by Crippen LogP contribution is 2.33. The highest BCUT2D eigenvalue weighted by Gasteiger charge is 2.34. The van der Waals surface area contributed by atoms with E-state index >= 15 is 0 Å². The van der Waals surface area contributed by atoms with Crippen LogP contribution in [-0.2, 0) is 16.1 Å². The molecule has 1 aromatic carbocycles. The minimum atomic E-state index is -0.871. The van der Waals surface area contributed by atoms with Gasteiger partial charge in [-0.1, -0.05) is 0 Å². The summed E-state index contributed by atoms with van der Waals surface area (Å²) in [5, 5.41) is 20.3. The van der Waals surface area contributed by atoms with Crippen molar-refractivity contribution in [1.29, 1.82) is 0 Å². The van der Waals surface area contributed by atoms with E-state index in [1.54, 1.807) is 18.1 Å². The topological polar surface area (TPSA) is 121 Å². The van der Waals surface area contributed by atoms with Gasteiger partial charge in [0.05, 0.1) is 44.1 Å². The Kier molecular flexibility index (Phi) is 6.40. The van der Waals surface area contributed by atoms with Crippen LogP contribution < -0.4 is 14.5 Å². The van der Waals surface area contributed by atoms with E-state index in [9.17, 15) is 15.0 Å². The second-order valence-electron chi connectivity index (χ2n) is 8.91. The maximum atomic E-state index is 11.9. The number of hydrogen-bond donors (Lipinski definition) is 2. The Bertz CT molecular complexity index is 1250. The Morgan fingerprint density at radius 2 is 2.03 bits per heavy atom. The van der Waals surface area contributed by atoms with Crippen molar-refractivity contribution >= 4 is 28.8 Å². The van der Waals surface area contributed by atoms with Crippen molar-refractivity contribution in [1.82, 2.24) is 15.0 Å². The van der Waals surface area contributed by atoms with E-state index in [1.807, 2.05) is 24.3 Å². The minimum absolute atomic E-state index is 0.108. The van der Waals surface area contributed by atoms with Crippen molar-refractivity contribution in [3.8, 4) is 17.0 Å². The molecule has 2 saturated heterocycles. The Balaban J connectivity index is 1.65. The number of rotatable bonds is 6. The number of aliphatic hydroxyl groups is 1. The molecule has 2 atom stereocenters. The molecule has 3 aromatic rings. The van der Waals surface area contributed by atoms with Gasteiger partial charge in [0.2, 0.25) is 5.95 Å². The first-order valence-electron chi connectivity index (χ1n) is 11.8. The number of ether oxygens (including phenoxy) is 2. The molecule has 0 unspecified atom stereocenters. The maximum absolute atomic E-state index is 11.9. The summed E-state index contributed by atoms with van der Waals surface area (Å²) >= 11 is 0. The molecule has 2 fully saturated rings. The van der Waals surface area contributed by atoms with E-state index in [2.05, 4.69) is 11.8 Å². The van der Waals surface area contributed by atoms with Crippen LogP contribution in [0.4, 0.5) is 11.8 Å². The average molecular weight is 480 g/mol. The monoisotopic (exact) mass is 479 g/mol. The highest BCUT2D eigenvalue weighted by molar-refractivity contribution is 5.90. The molecule has 2 aliphatic rings. The normalized spacial score (nSPS) is 20.4. The van der Waals surface area contributed by atoms with Gasteiger partial charge in [-0.05, 0) is 50.1 Å². The number of aromatic nitrogens is 3. The molecule has 35 heavy (non-hydrogen) atoms. The summed E-state index contributed by atoms with van der Waals surface area (Å²) in [4.78, 5) is 30.3. The summed E-state index contributed by atoms with van der Waals surface area (Å²) in [7, 11) is 1.57. The summed E-state index contributed by atoms with van der Waals surface area (Å²) in [6.07, 6.45) is 1.33. The highest BCUT2D eigenvalue weighted by atomic mass is 16.5. The molecule has 4 heterocycles. The maximum Gasteiger partial charge on any atom is 0.326 e. The third-order valence-corrected chi connectivity index (χ3v) is 6.71. The van der Waals surface area contributed by atoms with Crippen LogP contribution in [0.5, 0.6) is 5.75 Å². The predicted octanol–water partition coefficient (Wildman–Crippen LogP) is 2.47. The number of anilines is 2. The Hall–Kier alpha value is -3.50. The molecular weight excluding hydrogens is 450 g/mol. The quantitative estimate of drug-likeness (QED) is 0.545. The molecule has 184 valence electrons. The number of carboxylic acids is 1. The number of hydrogen-bond acceptors (Lipinski definition) is 9. The Morgan fingerprint density at radius 1 is 1.17 bits per heavy atom. The van der Waals surface area contributed by atoms with E-state index < -0.39 is 12.0 Å². The zero-order valence-corrected chi connectivity index (χ0v) is 19.8. The van der Waals surface area contributed by atoms with E-state index in [1.165, 1.54) is 0 Å². The molecule has 0 saturated carbocycles. The van der Waals surface area contributed by atoms with Gasteiger partial charge in [-0.15, -0.1) is 0 Å². The molecular formula is C25H29N5O5. The van der Waals surface area contributed by atoms with Crippen molar-refractivity contribution in [2.24, 2.45) is 0 Å². The second kappa shape index (κ2) is 9.63. The lowest BCUT2D eigenvalue weighted by molar-refractivity contribution is -0.138. The van der Waals surface area contributed by atoms with Gasteiger partial charge >= 0.3 is 5.97 Å². The smallest absolute Gasteiger partial charge is 0.326 e. The number of aliphatic carboxylic acids is 1. The SMILES string of the molecule is COc1ccc(-c2ccc3c(N4CCOC[C@@H]4C)nc(N4CCC[C@H]4C(=O)O)nc3n2)cc1CO. The number of carboxylic acid groups (broad SMARTS) is 1. The largest absolute Gasteiger partial charge is 0.496 e. The number of nitrogens with zero attached hydrogens (tertiary/aromatic N) is 5. The van der Waals surface area contributed by atoms with Crippen LogP contribution in [0.3, 0.4) is 0 Å². The van der Waals surface area contributed by atoms with Crippen molar-refractivity contribution in [2.45, 2.75) is 38.5 Å². The molecule has 0 amide bonds. The van der Waals surface area contributed by atoms with Crippen molar-refractivity contribution in [2.75, 3.05) is 43.2 Å². The van der Waals surface area contributed by atoms with Crippen LogP contribution in [-0.4, -0.2) is 76.6 Å². The first kappa shape index (κ1) is 23.3. The lowest BCUT2D eigenvalue weighted by Crippen LogP contribution is -2.44. The van der Waals surface area contributed by atoms with Gasteiger partial charge in [0.15, 0.2) is 5.65 Å². The van der Waals surface area contributed by atoms with Gasteiger partial charge in [0.1, 0.15) is 17.6 Å². The molecule has 2 aromatic heterocycles. The number of aliphatic hydroxyl groups excluding tert-OH is 1. The molecule has 0 spiro atoms. The molecule has 5 rings (SSSR count). The van der Waals surface area contributed by atoms with Gasteiger partial charge in [0.25, 0.3) is 0 Å². The van der Waals surface area contributed by atoms with Gasteiger partial charge in [-0.2, -0.15) is 9.97 Å². The van der Waals surface area contributed by atoms with Gasteiger partial charge in [0, 0.05) is 24.2 Å². The third-order valence-electron chi connectivity index (χ3n) is 6.71. The number of fused-ring (bicyclic) bond motifs is 1. The van der Waals surface area contributed by atoms with Crippen molar-refractivity contribution in [3.05, 3.63) is 35.9 Å². The van der Waals surface area contributed by atoms with Crippen LogP contribution >= 0.6 is 0 Å². The number of methoxy groups -OCH3 is 1. The van der Waals surface area contributed by atoms with Crippen LogP contribution in [0.25, 0.3) is 22.3 Å². The lowest BCUT2D eigenvalue weighted by Gasteiger charge is -2.35. The fourth-order valence-electron chi connectivity index (χ4n) is 4.86. The Morgan fingerprint density at radius 3 is 2.77 bits per heavy atom. The van der Waals surface area contributed by atoms with Gasteiger partial charge in [-0.3, -0.25) is 0 Å². The minimum Gasteiger partial charge on any atom is -0.496 e. The molecule has 10 nitrogen and oxygen atoms in total. The van der Waals surface area contributed by atoms with E-state index in [0.717, 1.165) is 23.2 Å². The zero-order valence-electron chi connectivity index (χ0n) is 19.8. The van der Waals surface area contributed by atoms with Crippen LogP contribution in [0, 0.1) is 0 Å². The predicted molar refractivity (Wildman–Crippen MR) is 131 cm³/mol. The van der Waals surface area contributed by atoms with E-state index in [-0.39, 0.29) is 12.6 Å². The van der Waals surface area contributed by atoms with Crippen molar-refractivity contribution in [3.63, 3.8) is 0 Å². The number of benzene rings is 1. The fraction of sp³-hybridized carbons (Fsp3) is 0.440. The molecule has 0 bridgehead atoms. The Labute approximate surface area is 203 Å². The van der Waals surface area contributed by atoms with E-state index in [0.29, 0.717) is 61.3 Å². The van der Waals surface area contributed by atoms with Crippen molar-refractivity contribution < 1.29 is 24.5 Å². The summed E-state index contributed by atoms with van der Waals surface area (Å²) < 4.78 is 10.9. The zero-order chi connectivity index (χ0) is 24.5. The van der Waals surface area contributed by atoms with Gasteiger partial charge < -0.3 is 29.5 Å². The number of morpholine rings is 1. The molecule has 0 aliphatic carbocycles. The molecule has 2 N–H and O–H groups in total. The van der Waals surface area contributed by atoms with Crippen LogP contribution in [0.15, 0.2) is 30.3 Å². The standard InChI is InChI=1S/C25H29N5O5/c1-15-14-35-11-10-29(15)23-18-6-7-19(16-5-8-21(34-2)17(12-16)13-31)26-22(18)27-25(28-23)30-9-3-4-20(30)24(32)33/h5-8,12,15,20,31H,3-4,9-11,13-14H2,1-2H3,(H,32,33)/t15-,20-/m0/s1. The van der Waals surface area contributed by atoms with Crippen LogP contribution in [0.2, 0.25) is 0 Å². The van der Waals surface area contributed by atoms with Gasteiger partial charge in [-0.25, -0.2) is 9.78 Å². The molecule has 10 heteroatoms. The van der Waals surface area contributed by atoms with Crippen LogP contribution in [0.1, 0.15) is 25.3 Å². The fourth-order valence-corrected chi connectivity index (χ4v) is 4.86. The summed E-state index contributed by atoms with van der Waals surface area (Å²) in [5.74, 6) is 0.858. The number of pyridine rings is 1. The average Bonchev–Trinajstić information content (AvgIpc) is 3.38. The second-order valence-corrected chi connectivity index (χ2v) is 8.91. The van der Waals surface area contributed by atoms with E-state index in [4.69, 9.17) is 24.4 Å². The first-order chi connectivity index (χ1) is 17.0. The molecule has 2 aliphatic heterocycles. The lowest BCUT2D eigenvalue weighted by atomic mass is 10.1. The summed E-state index contributed by atoms with van der Waals surface area (Å²) in [6, 6.07) is 8.87. The molecule has 0 radical (unpaired) electrons. The summed E-state index contributed by atoms with van der Waals surface area (Å²) in [6.45, 7) is 4.37. The summed E-state index contributed by atoms with van der Waals surface area (Å²) in [5.41, 5.74) is 2.68. The third kappa shape index (κ3) is 4.35. The number of carbonyl (C=O) groups is 1.